The molecule has 1 N–H and O–H groups in total. The Morgan fingerprint density at radius 3 is 2.85 bits per heavy atom. The molecule has 3 heterocycles. The normalized spacial score (nSPS) is 28.9. The number of nitrogens with zero attached hydrogens (tertiary/aromatic N) is 3. The fraction of sp³-hybridized carbons (Fsp3) is 0.769. The second-order valence-corrected chi connectivity index (χ2v) is 7.76. The van der Waals surface area contributed by atoms with Crippen LogP contribution in [0.5, 0.6) is 0 Å². The topological polar surface area (TPSA) is 67.2 Å². The molecule has 1 aromatic rings. The molecule has 0 spiro atoms. The van der Waals surface area contributed by atoms with Gasteiger partial charge in [-0.2, -0.15) is 9.40 Å². The molecule has 112 valence electrons. The molecule has 0 radical (unpaired) electrons. The maximum absolute atomic E-state index is 12.6. The molecule has 2 unspecified atom stereocenters. The zero-order valence-corrected chi connectivity index (χ0v) is 12.6. The predicted octanol–water partition coefficient (Wildman–Crippen LogP) is 0.573. The first-order valence-electron chi connectivity index (χ1n) is 7.29. The molecule has 0 amide bonds. The van der Waals surface area contributed by atoms with Crippen LogP contribution in [0.3, 0.4) is 0 Å². The summed E-state index contributed by atoms with van der Waals surface area (Å²) >= 11 is 0. The van der Waals surface area contributed by atoms with Crippen molar-refractivity contribution in [3.05, 3.63) is 12.4 Å². The molecule has 0 saturated carbocycles. The van der Waals surface area contributed by atoms with Crippen molar-refractivity contribution < 1.29 is 8.42 Å². The minimum absolute atomic E-state index is 0.306. The van der Waals surface area contributed by atoms with E-state index in [4.69, 9.17) is 0 Å². The lowest BCUT2D eigenvalue weighted by molar-refractivity contribution is 0.226. The number of rotatable bonds is 3. The number of piperidine rings is 1. The van der Waals surface area contributed by atoms with Crippen LogP contribution in [0.4, 0.5) is 0 Å². The molecule has 2 aliphatic heterocycles. The van der Waals surface area contributed by atoms with E-state index in [1.807, 2.05) is 0 Å². The second kappa shape index (κ2) is 5.46. The second-order valence-electron chi connectivity index (χ2n) is 5.82. The Hall–Kier alpha value is -0.920. The molecular weight excluding hydrogens is 276 g/mol. The highest BCUT2D eigenvalue weighted by Gasteiger charge is 2.35. The predicted molar refractivity (Wildman–Crippen MR) is 75.7 cm³/mol. The Morgan fingerprint density at radius 1 is 1.35 bits per heavy atom. The van der Waals surface area contributed by atoms with E-state index in [0.29, 0.717) is 29.9 Å². The summed E-state index contributed by atoms with van der Waals surface area (Å²) in [6, 6.07) is 0.488. The molecule has 20 heavy (non-hydrogen) atoms. The van der Waals surface area contributed by atoms with Gasteiger partial charge < -0.3 is 5.32 Å². The van der Waals surface area contributed by atoms with E-state index in [1.165, 1.54) is 23.7 Å². The molecule has 7 heteroatoms. The first-order chi connectivity index (χ1) is 9.57. The number of aromatic nitrogens is 2. The van der Waals surface area contributed by atoms with Crippen LogP contribution in [-0.4, -0.2) is 48.2 Å². The van der Waals surface area contributed by atoms with Gasteiger partial charge in [0.05, 0.1) is 6.20 Å². The van der Waals surface area contributed by atoms with Gasteiger partial charge in [-0.15, -0.1) is 0 Å². The fourth-order valence-corrected chi connectivity index (χ4v) is 4.84. The summed E-state index contributed by atoms with van der Waals surface area (Å²) in [5, 5.41) is 7.48. The third-order valence-electron chi connectivity index (χ3n) is 4.41. The van der Waals surface area contributed by atoms with Gasteiger partial charge in [0.1, 0.15) is 4.90 Å². The minimum atomic E-state index is -3.38. The first-order valence-corrected chi connectivity index (χ1v) is 8.73. The van der Waals surface area contributed by atoms with E-state index in [-0.39, 0.29) is 0 Å². The van der Waals surface area contributed by atoms with Crippen LogP contribution in [0.15, 0.2) is 17.3 Å². The number of sulfonamides is 1. The maximum Gasteiger partial charge on any atom is 0.246 e. The van der Waals surface area contributed by atoms with Gasteiger partial charge >= 0.3 is 0 Å². The van der Waals surface area contributed by atoms with Gasteiger partial charge in [-0.05, 0) is 38.1 Å². The van der Waals surface area contributed by atoms with E-state index in [1.54, 1.807) is 17.5 Å². The summed E-state index contributed by atoms with van der Waals surface area (Å²) in [4.78, 5) is 0.306. The first kappa shape index (κ1) is 14.0. The molecule has 2 fully saturated rings. The molecule has 2 aliphatic rings. The highest BCUT2D eigenvalue weighted by molar-refractivity contribution is 7.89. The van der Waals surface area contributed by atoms with Crippen molar-refractivity contribution >= 4 is 10.0 Å². The summed E-state index contributed by atoms with van der Waals surface area (Å²) in [6.45, 7) is 2.33. The third-order valence-corrected chi connectivity index (χ3v) is 6.23. The van der Waals surface area contributed by atoms with Crippen molar-refractivity contribution in [1.82, 2.24) is 19.4 Å². The number of nitrogens with one attached hydrogen (secondary N) is 1. The number of aryl methyl sites for hydroxylation is 1. The molecule has 2 atom stereocenters. The average Bonchev–Trinajstić information content (AvgIpc) is 3.10. The average molecular weight is 298 g/mol. The Labute approximate surface area is 120 Å². The van der Waals surface area contributed by atoms with Gasteiger partial charge in [-0.1, -0.05) is 0 Å². The van der Waals surface area contributed by atoms with Gasteiger partial charge in [0.2, 0.25) is 10.0 Å². The largest absolute Gasteiger partial charge is 0.314 e. The molecule has 1 aromatic heterocycles. The summed E-state index contributed by atoms with van der Waals surface area (Å²) in [7, 11) is -1.64. The van der Waals surface area contributed by atoms with Gasteiger partial charge in [0.15, 0.2) is 0 Å². The quantitative estimate of drug-likeness (QED) is 0.886. The summed E-state index contributed by atoms with van der Waals surface area (Å²) < 4.78 is 28.4. The van der Waals surface area contributed by atoms with Gasteiger partial charge in [-0.3, -0.25) is 4.68 Å². The smallest absolute Gasteiger partial charge is 0.246 e. The highest BCUT2D eigenvalue weighted by atomic mass is 32.2. The van der Waals surface area contributed by atoms with Crippen molar-refractivity contribution in [1.29, 1.82) is 0 Å². The molecule has 2 saturated heterocycles. The van der Waals surface area contributed by atoms with Crippen LogP contribution < -0.4 is 5.32 Å². The van der Waals surface area contributed by atoms with E-state index < -0.39 is 10.0 Å². The minimum Gasteiger partial charge on any atom is -0.314 e. The summed E-state index contributed by atoms with van der Waals surface area (Å²) in [5.41, 5.74) is 0. The van der Waals surface area contributed by atoms with Crippen molar-refractivity contribution in [2.45, 2.75) is 36.6 Å². The fourth-order valence-electron chi connectivity index (χ4n) is 3.32. The van der Waals surface area contributed by atoms with Crippen LogP contribution >= 0.6 is 0 Å². The monoisotopic (exact) mass is 298 g/mol. The zero-order valence-electron chi connectivity index (χ0n) is 11.8. The van der Waals surface area contributed by atoms with Gasteiger partial charge in [-0.25, -0.2) is 8.42 Å². The van der Waals surface area contributed by atoms with E-state index in [0.717, 1.165) is 19.4 Å². The lowest BCUT2D eigenvalue weighted by Gasteiger charge is -2.34. The van der Waals surface area contributed by atoms with Crippen LogP contribution in [-0.2, 0) is 17.1 Å². The van der Waals surface area contributed by atoms with Crippen molar-refractivity contribution in [3.8, 4) is 0 Å². The molecular formula is C13H22N4O2S. The molecule has 0 bridgehead atoms. The standard InChI is InChI=1S/C13H22N4O2S/c1-16-10-12(8-15-16)20(18,19)17-7-3-4-11(9-17)13-5-2-6-14-13/h8,10-11,13-14H,2-7,9H2,1H3. The Kier molecular flexibility index (Phi) is 3.83. The lowest BCUT2D eigenvalue weighted by atomic mass is 9.91. The van der Waals surface area contributed by atoms with Crippen LogP contribution in [0.1, 0.15) is 25.7 Å². The van der Waals surface area contributed by atoms with Crippen molar-refractivity contribution in [2.24, 2.45) is 13.0 Å². The van der Waals surface area contributed by atoms with E-state index >= 15 is 0 Å². The summed E-state index contributed by atoms with van der Waals surface area (Å²) in [6.07, 6.45) is 7.46. The summed E-state index contributed by atoms with van der Waals surface area (Å²) in [5.74, 6) is 0.442. The zero-order chi connectivity index (χ0) is 14.2. The maximum atomic E-state index is 12.6. The number of hydrogen-bond donors (Lipinski definition) is 1. The van der Waals surface area contributed by atoms with Crippen LogP contribution in [0.2, 0.25) is 0 Å². The van der Waals surface area contributed by atoms with E-state index in [2.05, 4.69) is 10.4 Å². The van der Waals surface area contributed by atoms with Gasteiger partial charge in [0, 0.05) is 32.4 Å². The van der Waals surface area contributed by atoms with Gasteiger partial charge in [0.25, 0.3) is 0 Å². The molecule has 6 nitrogen and oxygen atoms in total. The van der Waals surface area contributed by atoms with Crippen molar-refractivity contribution in [2.75, 3.05) is 19.6 Å². The highest BCUT2D eigenvalue weighted by Crippen LogP contribution is 2.28. The number of hydrogen-bond acceptors (Lipinski definition) is 4. The van der Waals surface area contributed by atoms with Crippen LogP contribution in [0.25, 0.3) is 0 Å². The Morgan fingerprint density at radius 2 is 2.20 bits per heavy atom. The Balaban J connectivity index is 1.75. The lowest BCUT2D eigenvalue weighted by Crippen LogP contribution is -2.45. The molecule has 3 rings (SSSR count). The SMILES string of the molecule is Cn1cc(S(=O)(=O)N2CCCC(C3CCCN3)C2)cn1. The third kappa shape index (κ3) is 2.62. The molecule has 0 aliphatic carbocycles. The Bertz CT molecular complexity index is 563. The molecule has 0 aromatic carbocycles. The van der Waals surface area contributed by atoms with Crippen molar-refractivity contribution in [3.63, 3.8) is 0 Å². The van der Waals surface area contributed by atoms with Crippen LogP contribution in [0, 0.1) is 5.92 Å². The van der Waals surface area contributed by atoms with E-state index in [9.17, 15) is 8.42 Å².